The molecule has 1 aromatic heterocycles. The van der Waals surface area contributed by atoms with Gasteiger partial charge in [0.1, 0.15) is 18.3 Å². The molecule has 0 radical (unpaired) electrons. The van der Waals surface area contributed by atoms with Gasteiger partial charge in [-0.25, -0.2) is 4.68 Å². The number of benzene rings is 2. The number of fused-ring (bicyclic) bond motifs is 2. The molecule has 2 heterocycles. The van der Waals surface area contributed by atoms with Crippen molar-refractivity contribution in [2.45, 2.75) is 18.8 Å². The Morgan fingerprint density at radius 2 is 2.12 bits per heavy atom. The van der Waals surface area contributed by atoms with E-state index < -0.39 is 12.2 Å². The maximum absolute atomic E-state index is 12.4. The number of aliphatic hydroxyl groups is 2. The van der Waals surface area contributed by atoms with E-state index in [1.54, 1.807) is 0 Å². The van der Waals surface area contributed by atoms with E-state index in [2.05, 4.69) is 10.4 Å². The minimum atomic E-state index is -0.834. The molecule has 2 atom stereocenters. The average Bonchev–Trinajstić information content (AvgIpc) is 3.08. The number of ether oxygens (including phenoxy) is 1. The number of carbonyl (C=O) groups excluding carboxylic acids is 1. The molecule has 4 rings (SSSR count). The summed E-state index contributed by atoms with van der Waals surface area (Å²) in [6.45, 7) is 0.492. The second kappa shape index (κ2) is 6.78. The highest BCUT2D eigenvalue weighted by molar-refractivity contribution is 5.96. The normalized spacial score (nSPS) is 17.4. The molecule has 7 heteroatoms. The fourth-order valence-electron chi connectivity index (χ4n) is 3.18. The first kappa shape index (κ1) is 16.6. The maximum Gasteiger partial charge on any atom is 0.258 e. The van der Waals surface area contributed by atoms with Crippen molar-refractivity contribution in [3.8, 4) is 5.88 Å². The van der Waals surface area contributed by atoms with Crippen molar-refractivity contribution in [2.75, 3.05) is 13.2 Å². The van der Waals surface area contributed by atoms with Gasteiger partial charge in [-0.3, -0.25) is 4.79 Å². The third-order valence-corrected chi connectivity index (χ3v) is 4.47. The van der Waals surface area contributed by atoms with Crippen molar-refractivity contribution in [2.24, 2.45) is 0 Å². The van der Waals surface area contributed by atoms with Crippen LogP contribution in [0.2, 0.25) is 0 Å². The molecule has 26 heavy (non-hydrogen) atoms. The summed E-state index contributed by atoms with van der Waals surface area (Å²) in [5.74, 6) is -0.0330. The number of nitrogens with zero attached hydrogens (tertiary/aromatic N) is 2. The van der Waals surface area contributed by atoms with Crippen LogP contribution in [0.25, 0.3) is 10.8 Å². The van der Waals surface area contributed by atoms with E-state index in [4.69, 9.17) is 4.74 Å². The largest absolute Gasteiger partial charge is 0.474 e. The number of rotatable bonds is 4. The second-order valence-corrected chi connectivity index (χ2v) is 6.30. The highest BCUT2D eigenvalue weighted by Crippen LogP contribution is 2.25. The summed E-state index contributed by atoms with van der Waals surface area (Å²) in [5, 5.41) is 28.9. The standard InChI is InChI=1S/C19H19N3O4/c23-13-10-22-19(26-11-13)16(8-21-22)18(25)20-9-17(24)15-7-3-5-12-4-1-2-6-14(12)15/h1-8,13,17,23-24H,9-11H2,(H,20,25). The summed E-state index contributed by atoms with van der Waals surface area (Å²) in [7, 11) is 0. The van der Waals surface area contributed by atoms with E-state index in [0.717, 1.165) is 16.3 Å². The van der Waals surface area contributed by atoms with E-state index in [9.17, 15) is 15.0 Å². The van der Waals surface area contributed by atoms with Gasteiger partial charge in [0, 0.05) is 6.54 Å². The molecule has 3 aromatic rings. The molecular weight excluding hydrogens is 334 g/mol. The first-order chi connectivity index (χ1) is 12.6. The van der Waals surface area contributed by atoms with Crippen LogP contribution in [0.4, 0.5) is 0 Å². The number of aromatic nitrogens is 2. The Bertz CT molecular complexity index is 948. The predicted octanol–water partition coefficient (Wildman–Crippen LogP) is 1.25. The van der Waals surface area contributed by atoms with Crippen molar-refractivity contribution in [1.82, 2.24) is 15.1 Å². The molecule has 0 aliphatic carbocycles. The van der Waals surface area contributed by atoms with Gasteiger partial charge in [0.15, 0.2) is 0 Å². The van der Waals surface area contributed by atoms with Crippen LogP contribution in [0.1, 0.15) is 22.0 Å². The third-order valence-electron chi connectivity index (χ3n) is 4.47. The van der Waals surface area contributed by atoms with Gasteiger partial charge in [-0.2, -0.15) is 5.10 Å². The Labute approximate surface area is 149 Å². The zero-order valence-electron chi connectivity index (χ0n) is 14.0. The van der Waals surface area contributed by atoms with Crippen molar-refractivity contribution >= 4 is 16.7 Å². The van der Waals surface area contributed by atoms with Crippen LogP contribution in [0.5, 0.6) is 5.88 Å². The molecule has 134 valence electrons. The number of hydrogen-bond donors (Lipinski definition) is 3. The molecule has 0 saturated carbocycles. The molecule has 0 saturated heterocycles. The molecule has 0 fully saturated rings. The molecule has 7 nitrogen and oxygen atoms in total. The first-order valence-corrected chi connectivity index (χ1v) is 8.44. The molecule has 3 N–H and O–H groups in total. The zero-order chi connectivity index (χ0) is 18.1. The number of amides is 1. The zero-order valence-corrected chi connectivity index (χ0v) is 14.0. The van der Waals surface area contributed by atoms with E-state index in [1.807, 2.05) is 42.5 Å². The van der Waals surface area contributed by atoms with E-state index in [0.29, 0.717) is 18.0 Å². The number of nitrogens with one attached hydrogen (secondary N) is 1. The lowest BCUT2D eigenvalue weighted by molar-refractivity contribution is 0.0544. The lowest BCUT2D eigenvalue weighted by atomic mass is 10.0. The van der Waals surface area contributed by atoms with Gasteiger partial charge in [-0.15, -0.1) is 0 Å². The Balaban J connectivity index is 1.48. The summed E-state index contributed by atoms with van der Waals surface area (Å²) >= 11 is 0. The molecular formula is C19H19N3O4. The fourth-order valence-corrected chi connectivity index (χ4v) is 3.18. The highest BCUT2D eigenvalue weighted by Gasteiger charge is 2.25. The monoisotopic (exact) mass is 353 g/mol. The van der Waals surface area contributed by atoms with Gasteiger partial charge in [0.2, 0.25) is 5.88 Å². The highest BCUT2D eigenvalue weighted by atomic mass is 16.5. The van der Waals surface area contributed by atoms with E-state index in [1.165, 1.54) is 10.9 Å². The molecule has 0 bridgehead atoms. The topological polar surface area (TPSA) is 96.6 Å². The summed E-state index contributed by atoms with van der Waals surface area (Å²) in [6.07, 6.45) is -0.0572. The summed E-state index contributed by atoms with van der Waals surface area (Å²) in [4.78, 5) is 12.4. The Morgan fingerprint density at radius 1 is 1.31 bits per heavy atom. The second-order valence-electron chi connectivity index (χ2n) is 6.30. The van der Waals surface area contributed by atoms with Crippen LogP contribution in [0.15, 0.2) is 48.7 Å². The smallest absolute Gasteiger partial charge is 0.258 e. The van der Waals surface area contributed by atoms with Crippen molar-refractivity contribution in [3.63, 3.8) is 0 Å². The Hall–Kier alpha value is -2.90. The van der Waals surface area contributed by atoms with Gasteiger partial charge in [-0.05, 0) is 16.3 Å². The van der Waals surface area contributed by atoms with Crippen LogP contribution in [0.3, 0.4) is 0 Å². The summed E-state index contributed by atoms with van der Waals surface area (Å²) in [6, 6.07) is 13.5. The first-order valence-electron chi connectivity index (χ1n) is 8.44. The minimum absolute atomic E-state index is 0.0695. The Kier molecular flexibility index (Phi) is 4.32. The maximum atomic E-state index is 12.4. The van der Waals surface area contributed by atoms with Gasteiger partial charge in [-0.1, -0.05) is 42.5 Å². The van der Waals surface area contributed by atoms with Crippen LogP contribution in [-0.2, 0) is 6.54 Å². The summed E-state index contributed by atoms with van der Waals surface area (Å²) < 4.78 is 6.87. The SMILES string of the molecule is O=C(NCC(O)c1cccc2ccccc12)c1cnn2c1OCC(O)C2. The number of hydrogen-bond acceptors (Lipinski definition) is 5. The average molecular weight is 353 g/mol. The number of carbonyl (C=O) groups is 1. The quantitative estimate of drug-likeness (QED) is 0.656. The molecule has 2 aromatic carbocycles. The summed E-state index contributed by atoms with van der Waals surface area (Å²) in [5.41, 5.74) is 1.06. The number of aliphatic hydroxyl groups excluding tert-OH is 2. The predicted molar refractivity (Wildman–Crippen MR) is 95.0 cm³/mol. The molecule has 1 amide bonds. The van der Waals surface area contributed by atoms with Crippen molar-refractivity contribution < 1.29 is 19.7 Å². The minimum Gasteiger partial charge on any atom is -0.474 e. The molecule has 2 unspecified atom stereocenters. The van der Waals surface area contributed by atoms with Gasteiger partial charge in [0.05, 0.1) is 18.8 Å². The van der Waals surface area contributed by atoms with Crippen LogP contribution < -0.4 is 10.1 Å². The van der Waals surface area contributed by atoms with Crippen molar-refractivity contribution in [1.29, 1.82) is 0 Å². The fraction of sp³-hybridized carbons (Fsp3) is 0.263. The van der Waals surface area contributed by atoms with Gasteiger partial charge in [0.25, 0.3) is 5.91 Å². The lowest BCUT2D eigenvalue weighted by Crippen LogP contribution is -2.32. The van der Waals surface area contributed by atoms with Crippen LogP contribution in [0, 0.1) is 0 Å². The lowest BCUT2D eigenvalue weighted by Gasteiger charge is -2.20. The van der Waals surface area contributed by atoms with E-state index in [-0.39, 0.29) is 19.1 Å². The molecule has 1 aliphatic rings. The van der Waals surface area contributed by atoms with Gasteiger partial charge < -0.3 is 20.3 Å². The molecule has 0 spiro atoms. The third kappa shape index (κ3) is 3.02. The van der Waals surface area contributed by atoms with Crippen molar-refractivity contribution in [3.05, 3.63) is 59.8 Å². The van der Waals surface area contributed by atoms with E-state index >= 15 is 0 Å². The molecule has 1 aliphatic heterocycles. The van der Waals surface area contributed by atoms with Crippen LogP contribution in [-0.4, -0.2) is 45.2 Å². The Morgan fingerprint density at radius 3 is 3.00 bits per heavy atom. The van der Waals surface area contributed by atoms with Gasteiger partial charge >= 0.3 is 0 Å². The van der Waals surface area contributed by atoms with Crippen LogP contribution >= 0.6 is 0 Å².